The number of aromatic hydroxyl groups is 1. The number of nitrogens with zero attached hydrogens (tertiary/aromatic N) is 2. The van der Waals surface area contributed by atoms with Gasteiger partial charge in [-0.25, -0.2) is 8.78 Å². The Bertz CT molecular complexity index is 1300. The predicted molar refractivity (Wildman–Crippen MR) is 127 cm³/mol. The van der Waals surface area contributed by atoms with Crippen LogP contribution < -0.4 is 5.32 Å². The zero-order valence-corrected chi connectivity index (χ0v) is 17.9. The van der Waals surface area contributed by atoms with Gasteiger partial charge in [-0.1, -0.05) is 36.4 Å². The molecule has 5 rings (SSSR count). The number of benzene rings is 3. The topological polar surface area (TPSA) is 63.6 Å². The van der Waals surface area contributed by atoms with Crippen molar-refractivity contribution in [2.45, 2.75) is 19.0 Å². The van der Waals surface area contributed by atoms with Gasteiger partial charge in [-0.15, -0.1) is 0 Å². The highest BCUT2D eigenvalue weighted by Crippen LogP contribution is 2.29. The van der Waals surface area contributed by atoms with E-state index in [2.05, 4.69) is 32.3 Å². The second-order valence-electron chi connectivity index (χ2n) is 8.32. The Morgan fingerprint density at radius 2 is 1.91 bits per heavy atom. The van der Waals surface area contributed by atoms with Crippen molar-refractivity contribution in [2.75, 3.05) is 18.4 Å². The molecule has 1 atom stereocenters. The first kappa shape index (κ1) is 21.2. The molecule has 1 unspecified atom stereocenters. The summed E-state index contributed by atoms with van der Waals surface area (Å²) in [6, 6.07) is 19.7. The number of aliphatic imine (C=N–C) groups is 1. The fourth-order valence-corrected chi connectivity index (χ4v) is 4.34. The monoisotopic (exact) mass is 446 g/mol. The van der Waals surface area contributed by atoms with Gasteiger partial charge in [-0.05, 0) is 36.2 Å². The lowest BCUT2D eigenvalue weighted by Crippen LogP contribution is -2.26. The van der Waals surface area contributed by atoms with E-state index in [0.29, 0.717) is 16.9 Å². The highest BCUT2D eigenvalue weighted by molar-refractivity contribution is 6.02. The minimum atomic E-state index is -0.464. The van der Waals surface area contributed by atoms with Gasteiger partial charge < -0.3 is 15.4 Å². The van der Waals surface area contributed by atoms with E-state index in [9.17, 15) is 13.9 Å². The van der Waals surface area contributed by atoms with Gasteiger partial charge in [0.1, 0.15) is 11.6 Å². The number of aromatic amines is 1. The highest BCUT2D eigenvalue weighted by Gasteiger charge is 2.23. The summed E-state index contributed by atoms with van der Waals surface area (Å²) in [7, 11) is 0. The maximum absolute atomic E-state index is 14.7. The summed E-state index contributed by atoms with van der Waals surface area (Å²) in [6.45, 7) is 2.69. The number of aromatic nitrogens is 1. The number of H-pyrrole nitrogens is 1. The second kappa shape index (κ2) is 9.03. The smallest absolute Gasteiger partial charge is 0.198 e. The van der Waals surface area contributed by atoms with E-state index in [-0.39, 0.29) is 22.9 Å². The van der Waals surface area contributed by atoms with Crippen molar-refractivity contribution in [1.82, 2.24) is 9.88 Å². The average Bonchev–Trinajstić information content (AvgIpc) is 3.38. The Balaban J connectivity index is 1.25. The molecule has 1 saturated heterocycles. The lowest BCUT2D eigenvalue weighted by atomic mass is 10.1. The first-order chi connectivity index (χ1) is 16.1. The number of hydrogen-bond acceptors (Lipinski definition) is 4. The molecule has 3 aromatic carbocycles. The molecule has 33 heavy (non-hydrogen) atoms. The van der Waals surface area contributed by atoms with Gasteiger partial charge in [0.2, 0.25) is 0 Å². The summed E-state index contributed by atoms with van der Waals surface area (Å²) in [4.78, 5) is 9.32. The fourth-order valence-electron chi connectivity index (χ4n) is 4.34. The summed E-state index contributed by atoms with van der Waals surface area (Å²) in [5.41, 5.74) is 2.78. The van der Waals surface area contributed by atoms with E-state index in [1.165, 1.54) is 23.9 Å². The van der Waals surface area contributed by atoms with Crippen LogP contribution in [-0.2, 0) is 6.54 Å². The largest absolute Gasteiger partial charge is 0.494 e. The van der Waals surface area contributed by atoms with Crippen LogP contribution in [-0.4, -0.2) is 40.3 Å². The molecule has 7 heteroatoms. The van der Waals surface area contributed by atoms with Crippen molar-refractivity contribution in [3.05, 3.63) is 89.5 Å². The van der Waals surface area contributed by atoms with Crippen molar-refractivity contribution in [3.8, 4) is 5.88 Å². The first-order valence-corrected chi connectivity index (χ1v) is 10.9. The number of hydrogen-bond donors (Lipinski definition) is 3. The molecule has 1 fully saturated rings. The molecule has 1 aliphatic heterocycles. The van der Waals surface area contributed by atoms with Crippen molar-refractivity contribution >= 4 is 28.5 Å². The SMILES string of the molecule is Oc1[nH]c2cccc(F)c2c1C=Nc1ccc(NC2CCN(Cc3ccccc3)C2)c(F)c1. The molecule has 1 aliphatic rings. The zero-order chi connectivity index (χ0) is 22.8. The van der Waals surface area contributed by atoms with Gasteiger partial charge in [-0.3, -0.25) is 9.89 Å². The number of likely N-dealkylation sites (tertiary alicyclic amines) is 1. The fraction of sp³-hybridized carbons (Fsp3) is 0.192. The third-order valence-corrected chi connectivity index (χ3v) is 5.97. The standard InChI is InChI=1S/C26H24F2N4O/c27-21-7-4-8-24-25(21)20(26(33)31-24)14-29-18-9-10-23(22(28)13-18)30-19-11-12-32(16-19)15-17-5-2-1-3-6-17/h1-10,13-14,19,30-31,33H,11-12,15-16H2. The molecular weight excluding hydrogens is 422 g/mol. The Hall–Kier alpha value is -3.71. The Morgan fingerprint density at radius 3 is 2.73 bits per heavy atom. The van der Waals surface area contributed by atoms with Gasteiger partial charge in [0.25, 0.3) is 0 Å². The minimum Gasteiger partial charge on any atom is -0.494 e. The second-order valence-corrected chi connectivity index (χ2v) is 8.32. The van der Waals surface area contributed by atoms with Crippen molar-refractivity contribution < 1.29 is 13.9 Å². The maximum atomic E-state index is 14.7. The van der Waals surface area contributed by atoms with Crippen LogP contribution in [0.3, 0.4) is 0 Å². The molecule has 168 valence electrons. The van der Waals surface area contributed by atoms with E-state index < -0.39 is 11.6 Å². The number of nitrogens with one attached hydrogen (secondary N) is 2. The van der Waals surface area contributed by atoms with Gasteiger partial charge >= 0.3 is 0 Å². The summed E-state index contributed by atoms with van der Waals surface area (Å²) in [5, 5.41) is 13.7. The minimum absolute atomic E-state index is 0.170. The molecule has 0 amide bonds. The van der Waals surface area contributed by atoms with Gasteiger partial charge in [0.15, 0.2) is 5.88 Å². The number of fused-ring (bicyclic) bond motifs is 1. The third kappa shape index (κ3) is 4.59. The van der Waals surface area contributed by atoms with E-state index in [1.807, 2.05) is 18.2 Å². The summed E-state index contributed by atoms with van der Waals surface area (Å²) in [6.07, 6.45) is 2.29. The lowest BCUT2D eigenvalue weighted by Gasteiger charge is -2.18. The molecular formula is C26H24F2N4O. The summed E-state index contributed by atoms with van der Waals surface area (Å²) >= 11 is 0. The Kier molecular flexibility index (Phi) is 5.79. The molecule has 0 radical (unpaired) electrons. The first-order valence-electron chi connectivity index (χ1n) is 10.9. The van der Waals surface area contributed by atoms with E-state index in [4.69, 9.17) is 0 Å². The van der Waals surface area contributed by atoms with E-state index in [0.717, 1.165) is 26.1 Å². The third-order valence-electron chi connectivity index (χ3n) is 5.97. The Morgan fingerprint density at radius 1 is 1.06 bits per heavy atom. The average molecular weight is 447 g/mol. The quantitative estimate of drug-likeness (QED) is 0.339. The van der Waals surface area contributed by atoms with Gasteiger partial charge in [-0.2, -0.15) is 0 Å². The lowest BCUT2D eigenvalue weighted by molar-refractivity contribution is 0.328. The van der Waals surface area contributed by atoms with Crippen LogP contribution in [0, 0.1) is 11.6 Å². The molecule has 5 nitrogen and oxygen atoms in total. The highest BCUT2D eigenvalue weighted by atomic mass is 19.1. The molecule has 0 spiro atoms. The van der Waals surface area contributed by atoms with Crippen LogP contribution in [0.2, 0.25) is 0 Å². The van der Waals surface area contributed by atoms with Gasteiger partial charge in [0, 0.05) is 43.3 Å². The van der Waals surface area contributed by atoms with Crippen LogP contribution in [0.4, 0.5) is 20.2 Å². The van der Waals surface area contributed by atoms with Crippen LogP contribution in [0.1, 0.15) is 17.5 Å². The Labute approximate surface area is 190 Å². The molecule has 3 N–H and O–H groups in total. The molecule has 0 saturated carbocycles. The molecule has 0 aliphatic carbocycles. The van der Waals surface area contributed by atoms with Crippen LogP contribution in [0.25, 0.3) is 10.9 Å². The molecule has 2 heterocycles. The van der Waals surface area contributed by atoms with E-state index in [1.54, 1.807) is 24.3 Å². The number of rotatable bonds is 6. The summed E-state index contributed by atoms with van der Waals surface area (Å²) < 4.78 is 28.9. The van der Waals surface area contributed by atoms with Crippen molar-refractivity contribution in [1.29, 1.82) is 0 Å². The van der Waals surface area contributed by atoms with Crippen LogP contribution in [0.5, 0.6) is 5.88 Å². The molecule has 0 bridgehead atoms. The maximum Gasteiger partial charge on any atom is 0.198 e. The van der Waals surface area contributed by atoms with Crippen LogP contribution >= 0.6 is 0 Å². The van der Waals surface area contributed by atoms with Gasteiger partial charge in [0.05, 0.1) is 22.5 Å². The number of anilines is 1. The molecule has 1 aromatic heterocycles. The van der Waals surface area contributed by atoms with E-state index >= 15 is 0 Å². The van der Waals surface area contributed by atoms with Crippen molar-refractivity contribution in [2.24, 2.45) is 4.99 Å². The summed E-state index contributed by atoms with van der Waals surface area (Å²) in [5.74, 6) is -1.05. The van der Waals surface area contributed by atoms with Crippen molar-refractivity contribution in [3.63, 3.8) is 0 Å². The number of halogens is 2. The predicted octanol–water partition coefficient (Wildman–Crippen LogP) is 5.59. The zero-order valence-electron chi connectivity index (χ0n) is 17.9. The van der Waals surface area contributed by atoms with Crippen LogP contribution in [0.15, 0.2) is 71.7 Å². The normalized spacial score (nSPS) is 16.7. The molecule has 4 aromatic rings.